The third kappa shape index (κ3) is 2.97. The Bertz CT molecular complexity index is 1050. The molecule has 3 aromatic rings. The van der Waals surface area contributed by atoms with Gasteiger partial charge in [0.1, 0.15) is 21.9 Å². The van der Waals surface area contributed by atoms with Crippen LogP contribution in [0.2, 0.25) is 0 Å². The summed E-state index contributed by atoms with van der Waals surface area (Å²) in [6, 6.07) is 1.90. The molecule has 8 heteroatoms. The summed E-state index contributed by atoms with van der Waals surface area (Å²) >= 11 is 1.43. The average Bonchev–Trinajstić information content (AvgIpc) is 3.14. The van der Waals surface area contributed by atoms with Crippen LogP contribution in [0, 0.1) is 6.92 Å². The minimum Gasteiger partial charge on any atom is -0.368 e. The van der Waals surface area contributed by atoms with E-state index in [4.69, 9.17) is 9.72 Å². The highest BCUT2D eigenvalue weighted by atomic mass is 32.1. The van der Waals surface area contributed by atoms with Crippen LogP contribution in [-0.4, -0.2) is 44.5 Å². The molecular weight excluding hydrogens is 362 g/mol. The van der Waals surface area contributed by atoms with Crippen molar-refractivity contribution >= 4 is 21.6 Å². The molecule has 5 rings (SSSR count). The number of ether oxygens (including phenoxy) is 1. The number of nitrogens with one attached hydrogen (secondary N) is 1. The van der Waals surface area contributed by atoms with Crippen LogP contribution >= 0.6 is 11.3 Å². The van der Waals surface area contributed by atoms with Gasteiger partial charge in [-0.2, -0.15) is 0 Å². The molecule has 0 unspecified atom stereocenters. The number of hydrogen-bond donors (Lipinski definition) is 1. The van der Waals surface area contributed by atoms with Crippen LogP contribution in [0.1, 0.15) is 35.7 Å². The number of H-pyrrole nitrogens is 1. The predicted molar refractivity (Wildman–Crippen MR) is 103 cm³/mol. The zero-order valence-corrected chi connectivity index (χ0v) is 16.0. The smallest absolute Gasteiger partial charge is 0.268 e. The number of thiophene rings is 1. The van der Waals surface area contributed by atoms with Gasteiger partial charge in [-0.15, -0.1) is 11.3 Å². The molecule has 5 heterocycles. The molecule has 7 nitrogen and oxygen atoms in total. The van der Waals surface area contributed by atoms with E-state index in [-0.39, 0.29) is 11.2 Å². The third-order valence-corrected chi connectivity index (χ3v) is 6.47. The van der Waals surface area contributed by atoms with E-state index in [9.17, 15) is 4.79 Å². The second-order valence-electron chi connectivity index (χ2n) is 7.31. The summed E-state index contributed by atoms with van der Waals surface area (Å²) in [6.45, 7) is 5.07. The van der Waals surface area contributed by atoms with Crippen LogP contribution < -0.4 is 5.56 Å². The fourth-order valence-electron chi connectivity index (χ4n) is 4.16. The van der Waals surface area contributed by atoms with E-state index in [1.54, 1.807) is 0 Å². The van der Waals surface area contributed by atoms with E-state index in [0.29, 0.717) is 11.2 Å². The molecule has 1 fully saturated rings. The van der Waals surface area contributed by atoms with Gasteiger partial charge in [0.15, 0.2) is 0 Å². The van der Waals surface area contributed by atoms with Gasteiger partial charge in [0.25, 0.3) is 5.56 Å². The number of hydrogen-bond acceptors (Lipinski definition) is 7. The lowest BCUT2D eigenvalue weighted by Gasteiger charge is -2.44. The van der Waals surface area contributed by atoms with Crippen molar-refractivity contribution in [1.82, 2.24) is 24.8 Å². The summed E-state index contributed by atoms with van der Waals surface area (Å²) in [5.41, 5.74) is 2.73. The summed E-state index contributed by atoms with van der Waals surface area (Å²) in [4.78, 5) is 31.1. The van der Waals surface area contributed by atoms with E-state index in [1.807, 2.05) is 24.6 Å². The first-order valence-corrected chi connectivity index (χ1v) is 10.2. The number of aromatic nitrogens is 4. The highest BCUT2D eigenvalue weighted by Crippen LogP contribution is 2.40. The van der Waals surface area contributed by atoms with Crippen molar-refractivity contribution in [2.24, 2.45) is 0 Å². The van der Waals surface area contributed by atoms with E-state index in [0.717, 1.165) is 61.8 Å². The number of aromatic amines is 1. The molecule has 0 amide bonds. The lowest BCUT2D eigenvalue weighted by atomic mass is 9.83. The van der Waals surface area contributed by atoms with Crippen LogP contribution in [0.3, 0.4) is 0 Å². The van der Waals surface area contributed by atoms with Crippen molar-refractivity contribution in [2.75, 3.05) is 19.7 Å². The van der Waals surface area contributed by atoms with Gasteiger partial charge in [-0.05, 0) is 43.2 Å². The maximum Gasteiger partial charge on any atom is 0.268 e. The van der Waals surface area contributed by atoms with Crippen LogP contribution in [0.15, 0.2) is 22.4 Å². The third-order valence-electron chi connectivity index (χ3n) is 5.57. The summed E-state index contributed by atoms with van der Waals surface area (Å²) in [5, 5.41) is 1.91. The van der Waals surface area contributed by atoms with Gasteiger partial charge >= 0.3 is 0 Å². The fraction of sp³-hybridized carbons (Fsp3) is 0.474. The SMILES string of the molecule is Cc1ncc2c(n1)C1(CCN(Cc3nc4ccsc4c(=O)[nH]3)CC1)OCC2. The van der Waals surface area contributed by atoms with Gasteiger partial charge in [0, 0.05) is 19.3 Å². The first kappa shape index (κ1) is 17.0. The monoisotopic (exact) mass is 383 g/mol. The van der Waals surface area contributed by atoms with Crippen molar-refractivity contribution in [3.8, 4) is 0 Å². The zero-order chi connectivity index (χ0) is 18.4. The Hall–Kier alpha value is -2.16. The highest BCUT2D eigenvalue weighted by molar-refractivity contribution is 7.17. The standard InChI is InChI=1S/C19H21N5O2S/c1-12-20-10-13-2-8-26-19(17(13)21-12)4-6-24(7-5-19)11-15-22-14-3-9-27-16(14)18(25)23-15/h3,9-10H,2,4-8,11H2,1H3,(H,22,23,25). The molecule has 140 valence electrons. The van der Waals surface area contributed by atoms with Gasteiger partial charge in [-0.3, -0.25) is 9.69 Å². The molecule has 1 saturated heterocycles. The van der Waals surface area contributed by atoms with Crippen molar-refractivity contribution in [1.29, 1.82) is 0 Å². The number of piperidine rings is 1. The number of nitrogens with zero attached hydrogens (tertiary/aromatic N) is 4. The quantitative estimate of drug-likeness (QED) is 0.730. The molecule has 0 radical (unpaired) electrons. The van der Waals surface area contributed by atoms with Gasteiger partial charge in [0.05, 0.1) is 24.4 Å². The molecule has 1 spiro atoms. The average molecular weight is 383 g/mol. The molecule has 0 aromatic carbocycles. The van der Waals surface area contributed by atoms with Crippen molar-refractivity contribution in [2.45, 2.75) is 38.3 Å². The largest absolute Gasteiger partial charge is 0.368 e. The Balaban J connectivity index is 1.35. The van der Waals surface area contributed by atoms with E-state index < -0.39 is 0 Å². The van der Waals surface area contributed by atoms with Crippen LogP contribution in [-0.2, 0) is 23.3 Å². The summed E-state index contributed by atoms with van der Waals surface area (Å²) in [7, 11) is 0. The van der Waals surface area contributed by atoms with E-state index >= 15 is 0 Å². The Kier molecular flexibility index (Phi) is 4.07. The fourth-order valence-corrected chi connectivity index (χ4v) is 4.88. The molecule has 2 aliphatic rings. The summed E-state index contributed by atoms with van der Waals surface area (Å²) < 4.78 is 6.96. The van der Waals surface area contributed by atoms with Crippen LogP contribution in [0.4, 0.5) is 0 Å². The van der Waals surface area contributed by atoms with E-state index in [2.05, 4.69) is 19.9 Å². The number of likely N-dealkylation sites (tertiary alicyclic amines) is 1. The summed E-state index contributed by atoms with van der Waals surface area (Å²) in [6.07, 6.45) is 4.62. The maximum absolute atomic E-state index is 12.2. The zero-order valence-electron chi connectivity index (χ0n) is 15.2. The molecule has 0 aliphatic carbocycles. The predicted octanol–water partition coefficient (Wildman–Crippen LogP) is 2.15. The van der Waals surface area contributed by atoms with Gasteiger partial charge in [0.2, 0.25) is 0 Å². The molecule has 2 aliphatic heterocycles. The van der Waals surface area contributed by atoms with Crippen molar-refractivity contribution in [3.63, 3.8) is 0 Å². The minimum atomic E-state index is -0.296. The number of rotatable bonds is 2. The highest BCUT2D eigenvalue weighted by Gasteiger charge is 2.42. The van der Waals surface area contributed by atoms with Crippen molar-refractivity contribution in [3.05, 3.63) is 50.9 Å². The Labute approximate surface area is 160 Å². The second kappa shape index (κ2) is 6.47. The van der Waals surface area contributed by atoms with Crippen LogP contribution in [0.5, 0.6) is 0 Å². The lowest BCUT2D eigenvalue weighted by molar-refractivity contribution is -0.102. The normalized spacial score (nSPS) is 19.4. The van der Waals surface area contributed by atoms with Crippen LogP contribution in [0.25, 0.3) is 10.2 Å². The van der Waals surface area contributed by atoms with E-state index in [1.165, 1.54) is 16.9 Å². The second-order valence-corrected chi connectivity index (χ2v) is 8.22. The lowest BCUT2D eigenvalue weighted by Crippen LogP contribution is -2.47. The van der Waals surface area contributed by atoms with Gasteiger partial charge in [-0.1, -0.05) is 0 Å². The van der Waals surface area contributed by atoms with Gasteiger partial charge in [-0.25, -0.2) is 15.0 Å². The molecule has 0 atom stereocenters. The molecular formula is C19H21N5O2S. The first-order chi connectivity index (χ1) is 13.1. The maximum atomic E-state index is 12.2. The Morgan fingerprint density at radius 1 is 1.33 bits per heavy atom. The Morgan fingerprint density at radius 3 is 3.04 bits per heavy atom. The molecule has 0 saturated carbocycles. The Morgan fingerprint density at radius 2 is 2.19 bits per heavy atom. The first-order valence-electron chi connectivity index (χ1n) is 9.29. The number of aryl methyl sites for hydroxylation is 1. The molecule has 3 aromatic heterocycles. The minimum absolute atomic E-state index is 0.0461. The topological polar surface area (TPSA) is 84.0 Å². The molecule has 0 bridgehead atoms. The van der Waals surface area contributed by atoms with Gasteiger partial charge < -0.3 is 9.72 Å². The molecule has 27 heavy (non-hydrogen) atoms. The van der Waals surface area contributed by atoms with Crippen molar-refractivity contribution < 1.29 is 4.74 Å². The number of fused-ring (bicyclic) bond motifs is 3. The molecule has 1 N–H and O–H groups in total. The summed E-state index contributed by atoms with van der Waals surface area (Å²) in [5.74, 6) is 1.52.